The zero-order chi connectivity index (χ0) is 32.8. The number of H-pyrrole nitrogens is 1. The highest BCUT2D eigenvalue weighted by Gasteiger charge is 2.49. The van der Waals surface area contributed by atoms with Crippen molar-refractivity contribution in [3.63, 3.8) is 0 Å². The Balaban J connectivity index is 1.64. The van der Waals surface area contributed by atoms with Crippen LogP contribution in [0.5, 0.6) is 0 Å². The number of methoxy groups -OCH3 is 1. The number of hydrogen-bond donors (Lipinski definition) is 7. The summed E-state index contributed by atoms with van der Waals surface area (Å²) in [6, 6.07) is -0.566. The fourth-order valence-corrected chi connectivity index (χ4v) is 7.77. The minimum Gasteiger partial charge on any atom is -0.394 e. The second kappa shape index (κ2) is 15.6. The van der Waals surface area contributed by atoms with Gasteiger partial charge >= 0.3 is 20.9 Å². The summed E-state index contributed by atoms with van der Waals surface area (Å²) in [6.07, 6.45) is -11.8. The molecule has 7 N–H and O–H groups in total. The van der Waals surface area contributed by atoms with Crippen LogP contribution in [-0.2, 0) is 46.2 Å². The van der Waals surface area contributed by atoms with E-state index in [1.165, 1.54) is 7.11 Å². The zero-order valence-corrected chi connectivity index (χ0v) is 25.7. The second-order valence-corrected chi connectivity index (χ2v) is 14.1. The number of ether oxygens (including phenoxy) is 4. The van der Waals surface area contributed by atoms with E-state index >= 15 is 0 Å². The van der Waals surface area contributed by atoms with Gasteiger partial charge in [0.05, 0.1) is 26.4 Å². The number of nitrogens with one attached hydrogen (secondary N) is 2. The van der Waals surface area contributed by atoms with Crippen molar-refractivity contribution in [2.24, 2.45) is 0 Å². The molecule has 3 heterocycles. The Labute approximate surface area is 249 Å². The van der Waals surface area contributed by atoms with E-state index in [1.807, 2.05) is 4.98 Å². The van der Waals surface area contributed by atoms with Gasteiger partial charge in [0.25, 0.3) is 5.56 Å². The van der Waals surface area contributed by atoms with Gasteiger partial charge < -0.3 is 54.3 Å². The average Bonchev–Trinajstić information content (AvgIpc) is 3.22. The molecule has 2 aliphatic rings. The monoisotopic (exact) mass is 677 g/mol. The molecule has 0 radical (unpaired) electrons. The van der Waals surface area contributed by atoms with E-state index in [-0.39, 0.29) is 13.2 Å². The molecule has 2 saturated heterocycles. The minimum atomic E-state index is -4.46. The van der Waals surface area contributed by atoms with Gasteiger partial charge in [0.2, 0.25) is 5.91 Å². The normalized spacial score (nSPS) is 33.4. The molecular formula is C22H37N3O17P2. The molecule has 0 spiro atoms. The number of aromatic nitrogens is 2. The number of nitrogens with zero attached hydrogens (tertiary/aromatic N) is 1. The zero-order valence-electron chi connectivity index (χ0n) is 23.9. The van der Waals surface area contributed by atoms with Crippen molar-refractivity contribution in [2.45, 2.75) is 55.2 Å². The Kier molecular flexibility index (Phi) is 13.0. The van der Waals surface area contributed by atoms with E-state index in [0.717, 1.165) is 30.2 Å². The number of rotatable bonds is 15. The summed E-state index contributed by atoms with van der Waals surface area (Å²) in [5.74, 6) is -0.784. The fraction of sp³-hybridized carbons (Fsp3) is 0.773. The first-order valence-corrected chi connectivity index (χ1v) is 17.1. The molecular weight excluding hydrogens is 640 g/mol. The van der Waals surface area contributed by atoms with E-state index in [2.05, 4.69) is 5.32 Å². The molecule has 22 heteroatoms. The van der Waals surface area contributed by atoms with E-state index in [9.17, 15) is 49.0 Å². The van der Waals surface area contributed by atoms with E-state index in [1.54, 1.807) is 0 Å². The van der Waals surface area contributed by atoms with Crippen LogP contribution >= 0.6 is 15.2 Å². The highest BCUT2D eigenvalue weighted by molar-refractivity contribution is 7.66. The van der Waals surface area contributed by atoms with Crippen molar-refractivity contribution in [3.8, 4) is 0 Å². The van der Waals surface area contributed by atoms with Crippen molar-refractivity contribution in [2.75, 3.05) is 53.5 Å². The summed E-state index contributed by atoms with van der Waals surface area (Å²) in [7, 11) is -7.35. The molecule has 0 aromatic carbocycles. The lowest BCUT2D eigenvalue weighted by atomic mass is 9.97. The molecule has 252 valence electrons. The van der Waals surface area contributed by atoms with E-state index in [4.69, 9.17) is 32.3 Å². The third-order valence-electron chi connectivity index (χ3n) is 6.40. The molecule has 0 aliphatic carbocycles. The number of aliphatic hydroxyl groups is 5. The highest BCUT2D eigenvalue weighted by Crippen LogP contribution is 2.62. The third-order valence-corrected chi connectivity index (χ3v) is 9.98. The van der Waals surface area contributed by atoms with Crippen molar-refractivity contribution >= 4 is 21.1 Å². The smallest absolute Gasteiger partial charge is 0.337 e. The van der Waals surface area contributed by atoms with Crippen LogP contribution in [0.3, 0.4) is 0 Å². The predicted molar refractivity (Wildman–Crippen MR) is 145 cm³/mol. The Hall–Kier alpha value is -1.87. The van der Waals surface area contributed by atoms with Crippen LogP contribution < -0.4 is 16.6 Å². The number of amides is 1. The molecule has 2 aliphatic heterocycles. The largest absolute Gasteiger partial charge is 0.394 e. The summed E-state index contributed by atoms with van der Waals surface area (Å²) in [5.41, 5.74) is -1.63. The van der Waals surface area contributed by atoms with Crippen LogP contribution in [0.1, 0.15) is 6.23 Å². The van der Waals surface area contributed by atoms with Gasteiger partial charge in [-0.2, -0.15) is 0 Å². The van der Waals surface area contributed by atoms with Crippen molar-refractivity contribution in [1.82, 2.24) is 14.9 Å². The molecule has 1 amide bonds. The summed E-state index contributed by atoms with van der Waals surface area (Å²) in [5, 5.41) is 53.4. The highest BCUT2D eigenvalue weighted by atomic mass is 31.3. The Bertz CT molecular complexity index is 1330. The Morgan fingerprint density at radius 2 is 1.70 bits per heavy atom. The predicted octanol–water partition coefficient (Wildman–Crippen LogP) is -3.56. The molecule has 44 heavy (non-hydrogen) atoms. The standard InChI is InChI=1S/C22H37N3O17P2/c1-36-6-7-37-10-14(28)23-15-18(31)16(29)11(8-26)40-21(15)41-44(3,35)42-43(2,34)38-9-12-17(30)19(32)20(39-12)25-5-4-13(27)24-22(25)33/h4-5,11-12,15-21,26,29-32H,6-10H2,1-3H3,(H,23,28)(H,24,27,33)/t11?,12?,15?,16-,17+,18+,19+,20?,21-,43?,44?/m0/s1. The van der Waals surface area contributed by atoms with Crippen LogP contribution in [0.4, 0.5) is 0 Å². The van der Waals surface area contributed by atoms with Crippen molar-refractivity contribution in [1.29, 1.82) is 0 Å². The van der Waals surface area contributed by atoms with Gasteiger partial charge in [-0.15, -0.1) is 0 Å². The maximum atomic E-state index is 13.2. The van der Waals surface area contributed by atoms with Crippen LogP contribution in [0.2, 0.25) is 0 Å². The first kappa shape index (κ1) is 36.6. The van der Waals surface area contributed by atoms with Gasteiger partial charge in [-0.3, -0.25) is 32.8 Å². The van der Waals surface area contributed by atoms with Gasteiger partial charge in [0.1, 0.15) is 49.3 Å². The molecule has 0 saturated carbocycles. The van der Waals surface area contributed by atoms with E-state index < -0.39 is 107 Å². The summed E-state index contributed by atoms with van der Waals surface area (Å²) >= 11 is 0. The molecule has 20 nitrogen and oxygen atoms in total. The summed E-state index contributed by atoms with van der Waals surface area (Å²) in [4.78, 5) is 37.7. The molecule has 11 atom stereocenters. The molecule has 2 fully saturated rings. The lowest BCUT2D eigenvalue weighted by molar-refractivity contribution is -0.245. The van der Waals surface area contributed by atoms with Gasteiger partial charge in [-0.25, -0.2) is 9.11 Å². The lowest BCUT2D eigenvalue weighted by Crippen LogP contribution is -2.64. The SMILES string of the molecule is COCCOCC(=O)NC1[C@H](OP(C)(=O)OP(C)(=O)OCC2OC(n3ccc(=O)[nH]c3=O)[C@H](O)[C@@H]2O)OC(CO)[C@H](O)[C@@H]1O. The maximum absolute atomic E-state index is 13.2. The van der Waals surface area contributed by atoms with Gasteiger partial charge in [0.15, 0.2) is 12.5 Å². The first-order valence-electron chi connectivity index (χ1n) is 13.1. The molecule has 0 bridgehead atoms. The van der Waals surface area contributed by atoms with Crippen LogP contribution in [-0.4, -0.2) is 143 Å². The molecule has 1 aromatic heterocycles. The fourth-order valence-electron chi connectivity index (χ4n) is 4.29. The van der Waals surface area contributed by atoms with Crippen molar-refractivity contribution in [3.05, 3.63) is 33.1 Å². The van der Waals surface area contributed by atoms with Crippen LogP contribution in [0.15, 0.2) is 21.9 Å². The number of aliphatic hydroxyl groups excluding tert-OH is 5. The summed E-state index contributed by atoms with van der Waals surface area (Å²) < 4.78 is 63.5. The van der Waals surface area contributed by atoms with Crippen LogP contribution in [0, 0.1) is 0 Å². The second-order valence-electron chi connectivity index (χ2n) is 9.93. The number of carbonyl (C=O) groups excluding carboxylic acids is 1. The van der Waals surface area contributed by atoms with Gasteiger partial charge in [0, 0.05) is 32.7 Å². The molecule has 3 rings (SSSR count). The van der Waals surface area contributed by atoms with E-state index in [0.29, 0.717) is 0 Å². The number of carbonyl (C=O) groups is 1. The molecule has 1 aromatic rings. The quantitative estimate of drug-likeness (QED) is 0.0698. The molecule has 6 unspecified atom stereocenters. The van der Waals surface area contributed by atoms with Gasteiger partial charge in [-0.05, 0) is 0 Å². The van der Waals surface area contributed by atoms with Crippen LogP contribution in [0.25, 0.3) is 0 Å². The number of aromatic amines is 1. The summed E-state index contributed by atoms with van der Waals surface area (Å²) in [6.45, 7) is 0.0611. The third kappa shape index (κ3) is 9.57. The lowest BCUT2D eigenvalue weighted by Gasteiger charge is -2.42. The first-order chi connectivity index (χ1) is 20.6. The Morgan fingerprint density at radius 3 is 2.34 bits per heavy atom. The average molecular weight is 677 g/mol. The van der Waals surface area contributed by atoms with Crippen molar-refractivity contribution < 1.29 is 71.8 Å². The Morgan fingerprint density at radius 1 is 1.02 bits per heavy atom. The van der Waals surface area contributed by atoms with Gasteiger partial charge in [-0.1, -0.05) is 0 Å². The number of hydrogen-bond acceptors (Lipinski definition) is 17. The topological polar surface area (TPSA) is 284 Å². The minimum absolute atomic E-state index is 0.0702. The maximum Gasteiger partial charge on any atom is 0.337 e.